The van der Waals surface area contributed by atoms with Crippen molar-refractivity contribution in [2.75, 3.05) is 7.11 Å². The molecule has 0 spiro atoms. The van der Waals surface area contributed by atoms with Crippen molar-refractivity contribution in [2.45, 2.75) is 45.6 Å². The Morgan fingerprint density at radius 1 is 0.675 bits per heavy atom. The maximum Gasteiger partial charge on any atom is 0.178 e. The average Bonchev–Trinajstić information content (AvgIpc) is 3.19. The predicted molar refractivity (Wildman–Crippen MR) is 166 cm³/mol. The molecule has 40 heavy (non-hydrogen) atoms. The minimum atomic E-state index is -0.774. The molecule has 0 aromatic heterocycles. The third-order valence-corrected chi connectivity index (χ3v) is 8.94. The Balaban J connectivity index is 1.55. The summed E-state index contributed by atoms with van der Waals surface area (Å²) in [4.78, 5) is 0. The quantitative estimate of drug-likeness (QED) is 0.235. The molecule has 1 atom stereocenters. The Bertz CT molecular complexity index is 1840. The van der Waals surface area contributed by atoms with Gasteiger partial charge in [0.15, 0.2) is 5.60 Å². The lowest BCUT2D eigenvalue weighted by Crippen LogP contribution is -2.35. The van der Waals surface area contributed by atoms with E-state index in [1.807, 2.05) is 12.1 Å². The molecule has 0 saturated carbocycles. The molecule has 198 valence electrons. The molecule has 7 rings (SSSR count). The summed E-state index contributed by atoms with van der Waals surface area (Å²) in [6.45, 7) is 11.2. The van der Waals surface area contributed by atoms with Crippen LogP contribution in [0.15, 0.2) is 91.0 Å². The summed E-state index contributed by atoms with van der Waals surface area (Å²) in [6, 6.07) is 30.7. The minimum Gasteiger partial charge on any atom is -0.497 e. The summed E-state index contributed by atoms with van der Waals surface area (Å²) in [7, 11) is 1.70. The van der Waals surface area contributed by atoms with Crippen LogP contribution < -0.4 is 9.47 Å². The molecule has 0 N–H and O–H groups in total. The highest BCUT2D eigenvalue weighted by Crippen LogP contribution is 2.58. The fraction of sp³-hybridized carbons (Fsp3) is 0.211. The Labute approximate surface area is 236 Å². The van der Waals surface area contributed by atoms with Crippen molar-refractivity contribution in [1.29, 1.82) is 0 Å². The molecular formula is C38H34O2. The maximum atomic E-state index is 7.39. The molecule has 5 aromatic carbocycles. The van der Waals surface area contributed by atoms with E-state index in [2.05, 4.69) is 120 Å². The second-order valence-electron chi connectivity index (χ2n) is 12.0. The molecule has 1 heterocycles. The first kappa shape index (κ1) is 24.7. The first-order valence-corrected chi connectivity index (χ1v) is 14.1. The highest BCUT2D eigenvalue weighted by atomic mass is 16.5. The zero-order valence-corrected chi connectivity index (χ0v) is 24.1. The Kier molecular flexibility index (Phi) is 5.31. The fourth-order valence-corrected chi connectivity index (χ4v) is 6.83. The van der Waals surface area contributed by atoms with Crippen LogP contribution in [-0.2, 0) is 11.0 Å². The number of hydrogen-bond acceptors (Lipinski definition) is 2. The van der Waals surface area contributed by atoms with E-state index in [1.165, 1.54) is 49.9 Å². The van der Waals surface area contributed by atoms with Gasteiger partial charge in [0, 0.05) is 27.5 Å². The van der Waals surface area contributed by atoms with Gasteiger partial charge in [-0.05, 0) is 72.7 Å². The van der Waals surface area contributed by atoms with Gasteiger partial charge in [-0.25, -0.2) is 0 Å². The van der Waals surface area contributed by atoms with Crippen LogP contribution in [0.1, 0.15) is 58.4 Å². The zero-order valence-electron chi connectivity index (χ0n) is 24.1. The van der Waals surface area contributed by atoms with Gasteiger partial charge in [-0.2, -0.15) is 0 Å². The first-order chi connectivity index (χ1) is 19.2. The standard InChI is InChI=1S/C38H34O2/c1-23-7-11-26(12-8-23)38(27-13-15-28(39-6)16-14-27)20-19-31-35-34(29-17-9-24(2)21-32(29)36(31)40-38)30-18-10-25(3)22-33(30)37(35,4)5/h7-22H,1-6H3. The third-order valence-electron chi connectivity index (χ3n) is 8.94. The first-order valence-electron chi connectivity index (χ1n) is 14.1. The molecule has 1 aliphatic carbocycles. The smallest absolute Gasteiger partial charge is 0.178 e. The largest absolute Gasteiger partial charge is 0.497 e. The van der Waals surface area contributed by atoms with Gasteiger partial charge >= 0.3 is 0 Å². The number of ether oxygens (including phenoxy) is 2. The highest BCUT2D eigenvalue weighted by Gasteiger charge is 2.44. The third kappa shape index (κ3) is 3.42. The van der Waals surface area contributed by atoms with Crippen molar-refractivity contribution in [2.24, 2.45) is 0 Å². The number of rotatable bonds is 3. The molecule has 0 saturated heterocycles. The van der Waals surface area contributed by atoms with Gasteiger partial charge in [-0.3, -0.25) is 0 Å². The molecular weight excluding hydrogens is 488 g/mol. The number of benzene rings is 5. The molecule has 0 amide bonds. The van der Waals surface area contributed by atoms with Gasteiger partial charge in [0.2, 0.25) is 0 Å². The van der Waals surface area contributed by atoms with Crippen LogP contribution in [0, 0.1) is 20.8 Å². The molecule has 2 heteroatoms. The second kappa shape index (κ2) is 8.60. The molecule has 0 bridgehead atoms. The van der Waals surface area contributed by atoms with E-state index >= 15 is 0 Å². The molecule has 2 nitrogen and oxygen atoms in total. The van der Waals surface area contributed by atoms with Crippen LogP contribution in [0.3, 0.4) is 0 Å². The van der Waals surface area contributed by atoms with E-state index in [9.17, 15) is 0 Å². The summed E-state index contributed by atoms with van der Waals surface area (Å²) in [5.41, 5.74) is 11.6. The SMILES string of the molecule is COc1ccc(C2(c3ccc(C)cc3)C=Cc3c4c(c5ccc(C)cc5c3O2)-c2ccc(C)cc2C4(C)C)cc1. The van der Waals surface area contributed by atoms with Crippen LogP contribution in [0.25, 0.3) is 28.0 Å². The highest BCUT2D eigenvalue weighted by molar-refractivity contribution is 6.08. The van der Waals surface area contributed by atoms with E-state index in [0.29, 0.717) is 0 Å². The normalized spacial score (nSPS) is 18.1. The van der Waals surface area contributed by atoms with Crippen molar-refractivity contribution in [3.05, 3.63) is 136 Å². The number of hydrogen-bond donors (Lipinski definition) is 0. The molecule has 0 radical (unpaired) electrons. The summed E-state index contributed by atoms with van der Waals surface area (Å²) in [5.74, 6) is 1.78. The molecule has 2 aliphatic rings. The van der Waals surface area contributed by atoms with Crippen molar-refractivity contribution in [1.82, 2.24) is 0 Å². The van der Waals surface area contributed by atoms with Crippen molar-refractivity contribution >= 4 is 16.8 Å². The fourth-order valence-electron chi connectivity index (χ4n) is 6.83. The maximum absolute atomic E-state index is 7.39. The number of aryl methyl sites for hydroxylation is 3. The van der Waals surface area contributed by atoms with E-state index in [-0.39, 0.29) is 5.41 Å². The van der Waals surface area contributed by atoms with Gasteiger partial charge < -0.3 is 9.47 Å². The second-order valence-corrected chi connectivity index (χ2v) is 12.0. The van der Waals surface area contributed by atoms with Gasteiger partial charge in [0.1, 0.15) is 11.5 Å². The van der Waals surface area contributed by atoms with Gasteiger partial charge in [0.05, 0.1) is 7.11 Å². The lowest BCUT2D eigenvalue weighted by molar-refractivity contribution is 0.163. The summed E-state index contributed by atoms with van der Waals surface area (Å²) >= 11 is 0. The summed E-state index contributed by atoms with van der Waals surface area (Å²) in [6.07, 6.45) is 4.58. The average molecular weight is 523 g/mol. The van der Waals surface area contributed by atoms with Crippen LogP contribution >= 0.6 is 0 Å². The van der Waals surface area contributed by atoms with E-state index in [0.717, 1.165) is 28.0 Å². The molecule has 5 aromatic rings. The van der Waals surface area contributed by atoms with E-state index in [1.54, 1.807) is 7.11 Å². The van der Waals surface area contributed by atoms with Crippen LogP contribution in [0.5, 0.6) is 11.5 Å². The summed E-state index contributed by atoms with van der Waals surface area (Å²) < 4.78 is 12.9. The summed E-state index contributed by atoms with van der Waals surface area (Å²) in [5, 5.41) is 2.41. The van der Waals surface area contributed by atoms with Crippen molar-refractivity contribution in [3.63, 3.8) is 0 Å². The Morgan fingerprint density at radius 3 is 2.00 bits per heavy atom. The lowest BCUT2D eigenvalue weighted by Gasteiger charge is -2.38. The number of methoxy groups -OCH3 is 1. The van der Waals surface area contributed by atoms with Gasteiger partial charge in [-0.1, -0.05) is 103 Å². The molecule has 1 unspecified atom stereocenters. The predicted octanol–water partition coefficient (Wildman–Crippen LogP) is 9.43. The number of fused-ring (bicyclic) bond motifs is 8. The van der Waals surface area contributed by atoms with Crippen molar-refractivity contribution < 1.29 is 9.47 Å². The van der Waals surface area contributed by atoms with E-state index < -0.39 is 5.60 Å². The minimum absolute atomic E-state index is 0.155. The monoisotopic (exact) mass is 522 g/mol. The topological polar surface area (TPSA) is 18.5 Å². The van der Waals surface area contributed by atoms with Crippen molar-refractivity contribution in [3.8, 4) is 22.6 Å². The molecule has 1 aliphatic heterocycles. The zero-order chi connectivity index (χ0) is 27.8. The van der Waals surface area contributed by atoms with Crippen LogP contribution in [-0.4, -0.2) is 7.11 Å². The van der Waals surface area contributed by atoms with Crippen LogP contribution in [0.4, 0.5) is 0 Å². The van der Waals surface area contributed by atoms with Gasteiger partial charge in [-0.15, -0.1) is 0 Å². The Morgan fingerprint density at radius 2 is 1.30 bits per heavy atom. The molecule has 0 fully saturated rings. The van der Waals surface area contributed by atoms with E-state index in [4.69, 9.17) is 9.47 Å². The van der Waals surface area contributed by atoms with Crippen LogP contribution in [0.2, 0.25) is 0 Å². The lowest BCUT2D eigenvalue weighted by atomic mass is 9.76. The van der Waals surface area contributed by atoms with Gasteiger partial charge in [0.25, 0.3) is 0 Å². The Hall–Kier alpha value is -4.30.